The molecule has 29 heavy (non-hydrogen) atoms. The molecule has 1 N–H and O–H groups in total. The van der Waals surface area contributed by atoms with E-state index in [1.165, 1.54) is 12.1 Å². The molecule has 0 radical (unpaired) electrons. The molecule has 1 heterocycles. The zero-order chi connectivity index (χ0) is 20.6. The maximum Gasteiger partial charge on any atom is 0.275 e. The lowest BCUT2D eigenvalue weighted by Crippen LogP contribution is -2.48. The molecule has 1 spiro atoms. The molecule has 1 fully saturated rings. The van der Waals surface area contributed by atoms with Crippen molar-refractivity contribution in [1.82, 2.24) is 4.90 Å². The van der Waals surface area contributed by atoms with E-state index in [1.54, 1.807) is 17.0 Å². The normalized spacial score (nSPS) is 17.7. The molecule has 5 nitrogen and oxygen atoms in total. The molecule has 2 aromatic carbocycles. The van der Waals surface area contributed by atoms with Gasteiger partial charge in [0.05, 0.1) is 0 Å². The van der Waals surface area contributed by atoms with Gasteiger partial charge in [0, 0.05) is 11.3 Å². The minimum atomic E-state index is -0.666. The average Bonchev–Trinajstić information content (AvgIpc) is 3.26. The number of nitrogens with one attached hydrogen (secondary N) is 1. The molecule has 6 heteroatoms. The maximum absolute atomic E-state index is 13.3. The highest BCUT2D eigenvalue weighted by Crippen LogP contribution is 2.41. The first-order chi connectivity index (χ1) is 13.9. The van der Waals surface area contributed by atoms with Crippen LogP contribution in [0.2, 0.25) is 0 Å². The minimum absolute atomic E-state index is 0.0552. The van der Waals surface area contributed by atoms with Crippen LogP contribution in [0.4, 0.5) is 10.1 Å². The van der Waals surface area contributed by atoms with Crippen LogP contribution in [-0.4, -0.2) is 34.6 Å². The minimum Gasteiger partial charge on any atom is -0.324 e. The van der Waals surface area contributed by atoms with Crippen molar-refractivity contribution in [2.24, 2.45) is 4.99 Å². The molecule has 1 saturated carbocycles. The SMILES string of the molecule is Cc1ccc(NC(=O)CN2C(=O)C(c3ccc(F)cc3)=NC23CCCC3)c(C)c1. The van der Waals surface area contributed by atoms with Gasteiger partial charge in [-0.15, -0.1) is 0 Å². The van der Waals surface area contributed by atoms with Gasteiger partial charge in [0.1, 0.15) is 23.7 Å². The summed E-state index contributed by atoms with van der Waals surface area (Å²) < 4.78 is 13.3. The number of halogens is 1. The number of carbonyl (C=O) groups excluding carboxylic acids is 2. The molecule has 1 aliphatic heterocycles. The summed E-state index contributed by atoms with van der Waals surface area (Å²) in [5.41, 5.74) is 3.07. The second kappa shape index (κ2) is 7.43. The second-order valence-electron chi connectivity index (χ2n) is 7.91. The van der Waals surface area contributed by atoms with E-state index < -0.39 is 5.66 Å². The van der Waals surface area contributed by atoms with E-state index in [-0.39, 0.29) is 24.2 Å². The first kappa shape index (κ1) is 19.3. The number of aryl methyl sites for hydroxylation is 2. The highest BCUT2D eigenvalue weighted by atomic mass is 19.1. The summed E-state index contributed by atoms with van der Waals surface area (Å²) in [6.07, 6.45) is 3.39. The summed E-state index contributed by atoms with van der Waals surface area (Å²) in [6.45, 7) is 3.89. The Labute approximate surface area is 169 Å². The van der Waals surface area contributed by atoms with Crippen molar-refractivity contribution in [1.29, 1.82) is 0 Å². The lowest BCUT2D eigenvalue weighted by Gasteiger charge is -2.32. The van der Waals surface area contributed by atoms with Crippen molar-refractivity contribution in [3.8, 4) is 0 Å². The summed E-state index contributed by atoms with van der Waals surface area (Å²) in [4.78, 5) is 32.3. The van der Waals surface area contributed by atoms with Gasteiger partial charge in [-0.3, -0.25) is 14.6 Å². The Kier molecular flexibility index (Phi) is 4.94. The van der Waals surface area contributed by atoms with E-state index >= 15 is 0 Å². The van der Waals surface area contributed by atoms with Crippen LogP contribution in [0, 0.1) is 19.7 Å². The van der Waals surface area contributed by atoms with Gasteiger partial charge in [-0.05, 0) is 75.4 Å². The molecule has 0 aromatic heterocycles. The molecule has 150 valence electrons. The lowest BCUT2D eigenvalue weighted by molar-refractivity contribution is -0.132. The van der Waals surface area contributed by atoms with E-state index in [0.717, 1.165) is 42.5 Å². The fraction of sp³-hybridized carbons (Fsp3) is 0.348. The van der Waals surface area contributed by atoms with Crippen molar-refractivity contribution >= 4 is 23.2 Å². The Morgan fingerprint density at radius 2 is 1.83 bits per heavy atom. The summed E-state index contributed by atoms with van der Waals surface area (Å²) in [5.74, 6) is -0.874. The van der Waals surface area contributed by atoms with Crippen LogP contribution >= 0.6 is 0 Å². The molecule has 0 bridgehead atoms. The third-order valence-corrected chi connectivity index (χ3v) is 5.75. The van der Waals surface area contributed by atoms with Gasteiger partial charge in [-0.1, -0.05) is 17.7 Å². The van der Waals surface area contributed by atoms with Crippen LogP contribution < -0.4 is 5.32 Å². The van der Waals surface area contributed by atoms with E-state index in [1.807, 2.05) is 32.0 Å². The molecule has 4 rings (SSSR count). The molecule has 2 amide bonds. The Balaban J connectivity index is 1.57. The van der Waals surface area contributed by atoms with Crippen molar-refractivity contribution in [2.45, 2.75) is 45.2 Å². The number of nitrogens with zero attached hydrogens (tertiary/aromatic N) is 2. The van der Waals surface area contributed by atoms with Gasteiger partial charge < -0.3 is 10.2 Å². The third-order valence-electron chi connectivity index (χ3n) is 5.75. The smallest absolute Gasteiger partial charge is 0.275 e. The number of amides is 2. The Bertz CT molecular complexity index is 992. The van der Waals surface area contributed by atoms with Gasteiger partial charge in [0.25, 0.3) is 5.91 Å². The average molecular weight is 393 g/mol. The molecule has 0 saturated heterocycles. The predicted molar refractivity (Wildman–Crippen MR) is 110 cm³/mol. The number of hydrogen-bond donors (Lipinski definition) is 1. The Morgan fingerprint density at radius 1 is 1.14 bits per heavy atom. The largest absolute Gasteiger partial charge is 0.324 e. The lowest BCUT2D eigenvalue weighted by atomic mass is 10.1. The summed E-state index contributed by atoms with van der Waals surface area (Å²) in [5, 5.41) is 2.92. The summed E-state index contributed by atoms with van der Waals surface area (Å²) in [7, 11) is 0. The third kappa shape index (κ3) is 3.67. The van der Waals surface area contributed by atoms with E-state index in [4.69, 9.17) is 4.99 Å². The van der Waals surface area contributed by atoms with Crippen LogP contribution in [0.3, 0.4) is 0 Å². The van der Waals surface area contributed by atoms with Crippen molar-refractivity contribution in [2.75, 3.05) is 11.9 Å². The topological polar surface area (TPSA) is 61.8 Å². The number of anilines is 1. The van der Waals surface area contributed by atoms with Gasteiger partial charge in [0.2, 0.25) is 5.91 Å². The van der Waals surface area contributed by atoms with Crippen molar-refractivity contribution in [3.05, 3.63) is 65.0 Å². The van der Waals surface area contributed by atoms with Gasteiger partial charge >= 0.3 is 0 Å². The zero-order valence-corrected chi connectivity index (χ0v) is 16.7. The predicted octanol–water partition coefficient (Wildman–Crippen LogP) is 3.98. The quantitative estimate of drug-likeness (QED) is 0.854. The standard InChI is InChI=1S/C23H24FN3O2/c1-15-5-10-19(16(2)13-15)25-20(28)14-27-22(29)21(17-6-8-18(24)9-7-17)26-23(27)11-3-4-12-23/h5-10,13H,3-4,11-12,14H2,1-2H3,(H,25,28). The highest BCUT2D eigenvalue weighted by molar-refractivity contribution is 6.47. The Hall–Kier alpha value is -3.02. The van der Waals surface area contributed by atoms with Gasteiger partial charge in [0.15, 0.2) is 0 Å². The molecular formula is C23H24FN3O2. The number of hydrogen-bond acceptors (Lipinski definition) is 3. The van der Waals surface area contributed by atoms with Crippen LogP contribution in [0.5, 0.6) is 0 Å². The monoisotopic (exact) mass is 393 g/mol. The molecular weight excluding hydrogens is 369 g/mol. The van der Waals surface area contributed by atoms with Crippen LogP contribution in [0.15, 0.2) is 47.5 Å². The number of carbonyl (C=O) groups is 2. The first-order valence-electron chi connectivity index (χ1n) is 9.93. The second-order valence-corrected chi connectivity index (χ2v) is 7.91. The Morgan fingerprint density at radius 3 is 2.48 bits per heavy atom. The number of benzene rings is 2. The van der Waals surface area contributed by atoms with E-state index in [2.05, 4.69) is 5.32 Å². The molecule has 1 aliphatic carbocycles. The summed E-state index contributed by atoms with van der Waals surface area (Å²) in [6, 6.07) is 11.6. The van der Waals surface area contributed by atoms with E-state index in [9.17, 15) is 14.0 Å². The van der Waals surface area contributed by atoms with Gasteiger partial charge in [-0.25, -0.2) is 4.39 Å². The van der Waals surface area contributed by atoms with Crippen molar-refractivity contribution < 1.29 is 14.0 Å². The maximum atomic E-state index is 13.3. The molecule has 2 aromatic rings. The zero-order valence-electron chi connectivity index (χ0n) is 16.7. The van der Waals surface area contributed by atoms with E-state index in [0.29, 0.717) is 11.3 Å². The fourth-order valence-electron chi connectivity index (χ4n) is 4.26. The fourth-order valence-corrected chi connectivity index (χ4v) is 4.26. The van der Waals surface area contributed by atoms with Crippen LogP contribution in [0.25, 0.3) is 0 Å². The first-order valence-corrected chi connectivity index (χ1v) is 9.93. The van der Waals surface area contributed by atoms with Crippen molar-refractivity contribution in [3.63, 3.8) is 0 Å². The molecule has 2 aliphatic rings. The number of rotatable bonds is 4. The molecule has 0 unspecified atom stereocenters. The highest BCUT2D eigenvalue weighted by Gasteiger charge is 2.49. The van der Waals surface area contributed by atoms with Crippen LogP contribution in [0.1, 0.15) is 42.4 Å². The number of aliphatic imine (C=N–C) groups is 1. The van der Waals surface area contributed by atoms with Crippen LogP contribution in [-0.2, 0) is 9.59 Å². The van der Waals surface area contributed by atoms with Gasteiger partial charge in [-0.2, -0.15) is 0 Å². The summed E-state index contributed by atoms with van der Waals surface area (Å²) >= 11 is 0. The molecule has 0 atom stereocenters.